The minimum Gasteiger partial charge on any atom is -0.464 e. The van der Waals surface area contributed by atoms with Crippen molar-refractivity contribution < 1.29 is 13.9 Å². The molecule has 1 atom stereocenters. The maximum Gasteiger partial charge on any atom is 0.328 e. The zero-order valence-electron chi connectivity index (χ0n) is 14.1. The van der Waals surface area contributed by atoms with Crippen LogP contribution in [-0.4, -0.2) is 28.6 Å². The predicted molar refractivity (Wildman–Crippen MR) is 96.5 cm³/mol. The number of halogens is 3. The number of ether oxygens (including phenoxy) is 1. The molecule has 1 aromatic heterocycles. The Morgan fingerprint density at radius 2 is 2.04 bits per heavy atom. The van der Waals surface area contributed by atoms with Crippen LogP contribution in [0.1, 0.15) is 26.5 Å². The minimum atomic E-state index is -0.650. The number of nitrogens with zero attached hydrogens (tertiary/aromatic N) is 2. The van der Waals surface area contributed by atoms with Crippen molar-refractivity contribution in [1.82, 2.24) is 9.97 Å². The normalized spacial score (nSPS) is 11.9. The molecular weight excluding hydrogens is 368 g/mol. The fourth-order valence-electron chi connectivity index (χ4n) is 2.24. The highest BCUT2D eigenvalue weighted by molar-refractivity contribution is 6.34. The summed E-state index contributed by atoms with van der Waals surface area (Å²) in [6, 6.07) is 1.98. The van der Waals surface area contributed by atoms with E-state index in [9.17, 15) is 9.18 Å². The Kier molecular flexibility index (Phi) is 6.56. The number of hydrogen-bond acceptors (Lipinski definition) is 5. The molecule has 2 rings (SSSR count). The number of esters is 1. The van der Waals surface area contributed by atoms with E-state index in [1.165, 1.54) is 12.4 Å². The quantitative estimate of drug-likeness (QED) is 0.740. The molecule has 0 aliphatic heterocycles. The van der Waals surface area contributed by atoms with E-state index in [1.54, 1.807) is 13.8 Å². The van der Waals surface area contributed by atoms with Gasteiger partial charge in [0.2, 0.25) is 0 Å². The van der Waals surface area contributed by atoms with Gasteiger partial charge in [0.25, 0.3) is 0 Å². The zero-order chi connectivity index (χ0) is 18.6. The SMILES string of the molecule is CCOC(=O)C(C)Nc1cc(-c2ncnc(CC)c2Cl)c(F)cc1Cl. The molecule has 0 radical (unpaired) electrons. The van der Waals surface area contributed by atoms with Gasteiger partial charge < -0.3 is 10.1 Å². The Labute approximate surface area is 155 Å². The van der Waals surface area contributed by atoms with E-state index in [1.807, 2.05) is 6.92 Å². The summed E-state index contributed by atoms with van der Waals surface area (Å²) in [4.78, 5) is 19.9. The molecule has 25 heavy (non-hydrogen) atoms. The third-order valence-corrected chi connectivity index (χ3v) is 4.23. The summed E-state index contributed by atoms with van der Waals surface area (Å²) in [5, 5.41) is 3.35. The number of carbonyl (C=O) groups excluding carboxylic acids is 1. The van der Waals surface area contributed by atoms with Crippen LogP contribution in [0.2, 0.25) is 10.0 Å². The van der Waals surface area contributed by atoms with Crippen LogP contribution in [0.5, 0.6) is 0 Å². The second-order valence-corrected chi connectivity index (χ2v) is 6.05. The second kappa shape index (κ2) is 8.45. The van der Waals surface area contributed by atoms with Gasteiger partial charge in [-0.2, -0.15) is 0 Å². The van der Waals surface area contributed by atoms with E-state index in [0.717, 1.165) is 6.07 Å². The monoisotopic (exact) mass is 385 g/mol. The van der Waals surface area contributed by atoms with Crippen molar-refractivity contribution in [3.63, 3.8) is 0 Å². The molecule has 0 aliphatic rings. The van der Waals surface area contributed by atoms with E-state index < -0.39 is 17.8 Å². The largest absolute Gasteiger partial charge is 0.464 e. The summed E-state index contributed by atoms with van der Waals surface area (Å²) in [5.74, 6) is -1.00. The molecule has 8 heteroatoms. The van der Waals surface area contributed by atoms with E-state index in [-0.39, 0.29) is 27.9 Å². The number of anilines is 1. The second-order valence-electron chi connectivity index (χ2n) is 5.27. The number of aromatic nitrogens is 2. The molecule has 0 fully saturated rings. The van der Waals surface area contributed by atoms with Crippen LogP contribution >= 0.6 is 23.2 Å². The Balaban J connectivity index is 2.43. The van der Waals surface area contributed by atoms with Gasteiger partial charge >= 0.3 is 5.97 Å². The third-order valence-electron chi connectivity index (χ3n) is 3.52. The van der Waals surface area contributed by atoms with Crippen molar-refractivity contribution in [2.45, 2.75) is 33.2 Å². The van der Waals surface area contributed by atoms with Gasteiger partial charge in [-0.25, -0.2) is 19.2 Å². The van der Waals surface area contributed by atoms with Gasteiger partial charge in [-0.3, -0.25) is 0 Å². The van der Waals surface area contributed by atoms with Crippen molar-refractivity contribution in [3.8, 4) is 11.3 Å². The third kappa shape index (κ3) is 4.38. The highest BCUT2D eigenvalue weighted by Gasteiger charge is 2.19. The van der Waals surface area contributed by atoms with E-state index in [2.05, 4.69) is 15.3 Å². The first-order valence-corrected chi connectivity index (χ1v) is 8.56. The number of hydrogen-bond donors (Lipinski definition) is 1. The fourth-order valence-corrected chi connectivity index (χ4v) is 2.78. The average molecular weight is 386 g/mol. The molecule has 134 valence electrons. The summed E-state index contributed by atoms with van der Waals surface area (Å²) >= 11 is 12.4. The number of benzene rings is 1. The summed E-state index contributed by atoms with van der Waals surface area (Å²) in [6.07, 6.45) is 1.93. The molecule has 5 nitrogen and oxygen atoms in total. The van der Waals surface area contributed by atoms with Gasteiger partial charge in [-0.1, -0.05) is 30.1 Å². The Morgan fingerprint density at radius 3 is 2.68 bits per heavy atom. The van der Waals surface area contributed by atoms with Gasteiger partial charge in [-0.05, 0) is 32.4 Å². The van der Waals surface area contributed by atoms with Gasteiger partial charge in [0, 0.05) is 5.56 Å². The lowest BCUT2D eigenvalue weighted by atomic mass is 10.1. The van der Waals surface area contributed by atoms with Crippen LogP contribution in [-0.2, 0) is 16.0 Å². The summed E-state index contributed by atoms with van der Waals surface area (Å²) in [6.45, 7) is 5.51. The Hall–Kier alpha value is -1.92. The standard InChI is InChI=1S/C17H18Cl2FN3O2/c1-4-13-15(19)16(22-8-21-13)10-6-14(11(18)7-12(10)20)23-9(3)17(24)25-5-2/h6-9,23H,4-5H2,1-3H3. The number of carbonyl (C=O) groups is 1. The molecule has 1 heterocycles. The first kappa shape index (κ1) is 19.4. The average Bonchev–Trinajstić information content (AvgIpc) is 2.58. The summed E-state index contributed by atoms with van der Waals surface area (Å²) in [5.41, 5.74) is 1.45. The minimum absolute atomic E-state index is 0.137. The molecule has 0 saturated carbocycles. The predicted octanol–water partition coefficient (Wildman–Crippen LogP) is 4.52. The lowest BCUT2D eigenvalue weighted by Crippen LogP contribution is -2.28. The number of nitrogens with one attached hydrogen (secondary N) is 1. The van der Waals surface area contributed by atoms with Gasteiger partial charge in [0.1, 0.15) is 18.2 Å². The summed E-state index contributed by atoms with van der Waals surface area (Å²) in [7, 11) is 0. The van der Waals surface area contributed by atoms with Gasteiger partial charge in [0.15, 0.2) is 0 Å². The van der Waals surface area contributed by atoms with E-state index >= 15 is 0 Å². The fraction of sp³-hybridized carbons (Fsp3) is 0.353. The van der Waals surface area contributed by atoms with Crippen molar-refractivity contribution in [2.75, 3.05) is 11.9 Å². The zero-order valence-corrected chi connectivity index (χ0v) is 15.6. The molecule has 0 amide bonds. The van der Waals surface area contributed by atoms with Gasteiger partial charge in [0.05, 0.1) is 33.7 Å². The van der Waals surface area contributed by atoms with Crippen molar-refractivity contribution >= 4 is 34.9 Å². The lowest BCUT2D eigenvalue weighted by Gasteiger charge is -2.17. The Morgan fingerprint density at radius 1 is 1.32 bits per heavy atom. The van der Waals surface area contributed by atoms with Crippen LogP contribution in [0.4, 0.5) is 10.1 Å². The van der Waals surface area contributed by atoms with Crippen molar-refractivity contribution in [3.05, 3.63) is 40.0 Å². The highest BCUT2D eigenvalue weighted by Crippen LogP contribution is 2.35. The summed E-state index contributed by atoms with van der Waals surface area (Å²) < 4.78 is 19.4. The maximum absolute atomic E-state index is 14.4. The smallest absolute Gasteiger partial charge is 0.328 e. The molecule has 0 spiro atoms. The molecule has 1 aromatic carbocycles. The number of aryl methyl sites for hydroxylation is 1. The van der Waals surface area contributed by atoms with Crippen LogP contribution in [0.25, 0.3) is 11.3 Å². The van der Waals surface area contributed by atoms with Crippen LogP contribution in [0, 0.1) is 5.82 Å². The van der Waals surface area contributed by atoms with Crippen molar-refractivity contribution in [1.29, 1.82) is 0 Å². The van der Waals surface area contributed by atoms with Crippen LogP contribution in [0.3, 0.4) is 0 Å². The number of rotatable bonds is 6. The molecule has 1 unspecified atom stereocenters. The lowest BCUT2D eigenvalue weighted by molar-refractivity contribution is -0.143. The molecule has 2 aromatic rings. The van der Waals surface area contributed by atoms with Crippen LogP contribution in [0.15, 0.2) is 18.5 Å². The molecule has 0 bridgehead atoms. The first-order chi connectivity index (χ1) is 11.9. The highest BCUT2D eigenvalue weighted by atomic mass is 35.5. The van der Waals surface area contributed by atoms with E-state index in [4.69, 9.17) is 27.9 Å². The van der Waals surface area contributed by atoms with Crippen LogP contribution < -0.4 is 5.32 Å². The topological polar surface area (TPSA) is 64.1 Å². The van der Waals surface area contributed by atoms with Crippen molar-refractivity contribution in [2.24, 2.45) is 0 Å². The molecule has 0 aliphatic carbocycles. The molecule has 0 saturated heterocycles. The van der Waals surface area contributed by atoms with Gasteiger partial charge in [-0.15, -0.1) is 0 Å². The Bertz CT molecular complexity index is 787. The molecule has 1 N–H and O–H groups in total. The van der Waals surface area contributed by atoms with E-state index in [0.29, 0.717) is 17.8 Å². The molecular formula is C17H18Cl2FN3O2. The maximum atomic E-state index is 14.4. The first-order valence-electron chi connectivity index (χ1n) is 7.80.